The summed E-state index contributed by atoms with van der Waals surface area (Å²) in [6.07, 6.45) is 3.74. The molecule has 1 aliphatic carbocycles. The van der Waals surface area contributed by atoms with Gasteiger partial charge in [0.05, 0.1) is 22.0 Å². The average molecular weight is 477 g/mol. The lowest BCUT2D eigenvalue weighted by atomic mass is 10.0. The molecule has 0 spiro atoms. The summed E-state index contributed by atoms with van der Waals surface area (Å²) >= 11 is 12.0. The largest absolute Gasteiger partial charge is 0.326 e. The number of amides is 1. The molecular weight excluding hydrogens is 455 g/mol. The standard InChI is InChI=1S/C23H22Cl2N2O3S/c1-31(29,30)27(17-10-11-19(24)20(25)14-17)13-3-6-22(28)26-21-12-9-16-8-7-15-4-2-5-18(21)23(15)16/h2,4-5,9-12,14H,3,6-8,13H2,1H3,(H,26,28). The zero-order valence-corrected chi connectivity index (χ0v) is 19.3. The third kappa shape index (κ3) is 4.66. The Hall–Kier alpha value is -2.28. The van der Waals surface area contributed by atoms with Crippen molar-refractivity contribution < 1.29 is 13.2 Å². The molecule has 3 aromatic rings. The predicted octanol–water partition coefficient (Wildman–Crippen LogP) is 5.43. The number of sulfonamides is 1. The first-order valence-corrected chi connectivity index (χ1v) is 12.6. The Kier molecular flexibility index (Phi) is 6.15. The maximum atomic E-state index is 12.6. The SMILES string of the molecule is CS(=O)(=O)N(CCCC(=O)Nc1ccc2c3c(cccc13)CC2)c1ccc(Cl)c(Cl)c1. The summed E-state index contributed by atoms with van der Waals surface area (Å²) < 4.78 is 25.8. The van der Waals surface area contributed by atoms with Crippen molar-refractivity contribution in [3.8, 4) is 0 Å². The summed E-state index contributed by atoms with van der Waals surface area (Å²) in [5.41, 5.74) is 3.84. The molecule has 1 aliphatic rings. The first kappa shape index (κ1) is 21.9. The molecule has 3 aromatic carbocycles. The number of carbonyl (C=O) groups is 1. The van der Waals surface area contributed by atoms with Crippen LogP contribution in [0.1, 0.15) is 24.0 Å². The normalized spacial score (nSPS) is 12.9. The Balaban J connectivity index is 1.44. The van der Waals surface area contributed by atoms with E-state index in [1.807, 2.05) is 18.2 Å². The Labute approximate surface area is 192 Å². The number of nitrogens with zero attached hydrogens (tertiary/aromatic N) is 1. The van der Waals surface area contributed by atoms with Gasteiger partial charge < -0.3 is 5.32 Å². The van der Waals surface area contributed by atoms with Gasteiger partial charge in [0.15, 0.2) is 0 Å². The van der Waals surface area contributed by atoms with Gasteiger partial charge in [-0.15, -0.1) is 0 Å². The van der Waals surface area contributed by atoms with Crippen LogP contribution in [0.2, 0.25) is 10.0 Å². The predicted molar refractivity (Wildman–Crippen MR) is 128 cm³/mol. The van der Waals surface area contributed by atoms with Crippen LogP contribution < -0.4 is 9.62 Å². The molecule has 0 fully saturated rings. The van der Waals surface area contributed by atoms with Gasteiger partial charge in [-0.25, -0.2) is 8.42 Å². The molecule has 0 unspecified atom stereocenters. The molecule has 0 atom stereocenters. The molecule has 0 radical (unpaired) electrons. The molecule has 0 aromatic heterocycles. The topological polar surface area (TPSA) is 66.5 Å². The van der Waals surface area contributed by atoms with Gasteiger partial charge in [0.2, 0.25) is 15.9 Å². The first-order valence-electron chi connectivity index (χ1n) is 10.00. The minimum Gasteiger partial charge on any atom is -0.326 e. The Bertz CT molecular complexity index is 1270. The fourth-order valence-electron chi connectivity index (χ4n) is 4.08. The van der Waals surface area contributed by atoms with E-state index in [1.165, 1.54) is 26.9 Å². The average Bonchev–Trinajstić information content (AvgIpc) is 3.13. The lowest BCUT2D eigenvalue weighted by molar-refractivity contribution is -0.116. The molecule has 4 rings (SSSR count). The monoisotopic (exact) mass is 476 g/mol. The second kappa shape index (κ2) is 8.69. The zero-order valence-electron chi connectivity index (χ0n) is 17.0. The van der Waals surface area contributed by atoms with Crippen molar-refractivity contribution >= 4 is 61.3 Å². The summed E-state index contributed by atoms with van der Waals surface area (Å²) in [5, 5.41) is 5.91. The van der Waals surface area contributed by atoms with Crippen molar-refractivity contribution in [2.75, 3.05) is 22.4 Å². The molecule has 1 N–H and O–H groups in total. The van der Waals surface area contributed by atoms with Gasteiger partial charge in [-0.3, -0.25) is 9.10 Å². The number of carbonyl (C=O) groups excluding carboxylic acids is 1. The highest BCUT2D eigenvalue weighted by atomic mass is 35.5. The van der Waals surface area contributed by atoms with Crippen molar-refractivity contribution in [3.63, 3.8) is 0 Å². The minimum absolute atomic E-state index is 0.152. The highest BCUT2D eigenvalue weighted by Crippen LogP contribution is 2.35. The van der Waals surface area contributed by atoms with E-state index in [9.17, 15) is 13.2 Å². The number of anilines is 2. The van der Waals surface area contributed by atoms with Crippen LogP contribution in [0.15, 0.2) is 48.5 Å². The number of benzene rings is 3. The van der Waals surface area contributed by atoms with E-state index >= 15 is 0 Å². The van der Waals surface area contributed by atoms with Crippen molar-refractivity contribution in [1.82, 2.24) is 0 Å². The van der Waals surface area contributed by atoms with Crippen LogP contribution in [0.25, 0.3) is 10.8 Å². The van der Waals surface area contributed by atoms with E-state index in [0.29, 0.717) is 17.1 Å². The minimum atomic E-state index is -3.54. The lowest BCUT2D eigenvalue weighted by Crippen LogP contribution is -2.31. The van der Waals surface area contributed by atoms with Gasteiger partial charge in [-0.1, -0.05) is 47.5 Å². The second-order valence-corrected chi connectivity index (χ2v) is 10.4. The highest BCUT2D eigenvalue weighted by molar-refractivity contribution is 7.92. The number of nitrogens with one attached hydrogen (secondary N) is 1. The van der Waals surface area contributed by atoms with Crippen LogP contribution in [-0.4, -0.2) is 27.1 Å². The van der Waals surface area contributed by atoms with E-state index in [2.05, 4.69) is 17.4 Å². The fourth-order valence-corrected chi connectivity index (χ4v) is 5.33. The van der Waals surface area contributed by atoms with E-state index < -0.39 is 10.0 Å². The van der Waals surface area contributed by atoms with E-state index in [4.69, 9.17) is 23.2 Å². The number of halogens is 2. The van der Waals surface area contributed by atoms with Crippen LogP contribution in [0.3, 0.4) is 0 Å². The molecule has 0 aliphatic heterocycles. The summed E-state index contributed by atoms with van der Waals surface area (Å²) in [6, 6.07) is 14.9. The molecule has 0 saturated heterocycles. The molecule has 0 heterocycles. The first-order chi connectivity index (χ1) is 14.7. The van der Waals surface area contributed by atoms with Crippen molar-refractivity contribution in [2.24, 2.45) is 0 Å². The second-order valence-electron chi connectivity index (χ2n) is 7.70. The van der Waals surface area contributed by atoms with Crippen LogP contribution in [0.5, 0.6) is 0 Å². The van der Waals surface area contributed by atoms with Gasteiger partial charge in [0.1, 0.15) is 0 Å². The van der Waals surface area contributed by atoms with E-state index in [1.54, 1.807) is 12.1 Å². The molecule has 8 heteroatoms. The lowest BCUT2D eigenvalue weighted by Gasteiger charge is -2.22. The number of rotatable bonds is 7. The number of aryl methyl sites for hydroxylation is 2. The third-order valence-corrected chi connectivity index (χ3v) is 7.44. The summed E-state index contributed by atoms with van der Waals surface area (Å²) in [6.45, 7) is 0.161. The van der Waals surface area contributed by atoms with Crippen molar-refractivity contribution in [1.29, 1.82) is 0 Å². The summed E-state index contributed by atoms with van der Waals surface area (Å²) in [5.74, 6) is -0.152. The number of hydrogen-bond donors (Lipinski definition) is 1. The molecule has 31 heavy (non-hydrogen) atoms. The van der Waals surface area contributed by atoms with Gasteiger partial charge in [0, 0.05) is 24.0 Å². The van der Waals surface area contributed by atoms with E-state index in [0.717, 1.165) is 30.2 Å². The van der Waals surface area contributed by atoms with Crippen molar-refractivity contribution in [3.05, 3.63) is 69.7 Å². The summed E-state index contributed by atoms with van der Waals surface area (Å²) in [7, 11) is -3.54. The molecular formula is C23H22Cl2N2O3S. The van der Waals surface area contributed by atoms with Crippen LogP contribution in [0, 0.1) is 0 Å². The third-order valence-electron chi connectivity index (χ3n) is 5.51. The summed E-state index contributed by atoms with van der Waals surface area (Å²) in [4.78, 5) is 12.6. The van der Waals surface area contributed by atoms with Crippen LogP contribution in [-0.2, 0) is 27.7 Å². The number of hydrogen-bond acceptors (Lipinski definition) is 3. The molecule has 0 saturated carbocycles. The Morgan fingerprint density at radius 2 is 1.77 bits per heavy atom. The van der Waals surface area contributed by atoms with Gasteiger partial charge >= 0.3 is 0 Å². The molecule has 0 bridgehead atoms. The smallest absolute Gasteiger partial charge is 0.232 e. The van der Waals surface area contributed by atoms with E-state index in [-0.39, 0.29) is 23.9 Å². The fraction of sp³-hybridized carbons (Fsp3) is 0.261. The van der Waals surface area contributed by atoms with Crippen LogP contribution >= 0.6 is 23.2 Å². The maximum absolute atomic E-state index is 12.6. The van der Waals surface area contributed by atoms with Gasteiger partial charge in [0.25, 0.3) is 0 Å². The molecule has 162 valence electrons. The Morgan fingerprint density at radius 1 is 1.03 bits per heavy atom. The van der Waals surface area contributed by atoms with Crippen LogP contribution in [0.4, 0.5) is 11.4 Å². The quantitative estimate of drug-likeness (QED) is 0.494. The van der Waals surface area contributed by atoms with Gasteiger partial charge in [-0.05, 0) is 60.0 Å². The Morgan fingerprint density at radius 3 is 2.48 bits per heavy atom. The molecule has 5 nitrogen and oxygen atoms in total. The highest BCUT2D eigenvalue weighted by Gasteiger charge is 2.20. The zero-order chi connectivity index (χ0) is 22.2. The maximum Gasteiger partial charge on any atom is 0.232 e. The van der Waals surface area contributed by atoms with Gasteiger partial charge in [-0.2, -0.15) is 0 Å². The van der Waals surface area contributed by atoms with Crippen molar-refractivity contribution in [2.45, 2.75) is 25.7 Å². The molecule has 1 amide bonds.